The first kappa shape index (κ1) is 14.4. The van der Waals surface area contributed by atoms with Gasteiger partial charge in [-0.2, -0.15) is 0 Å². The van der Waals surface area contributed by atoms with Crippen LogP contribution < -0.4 is 5.73 Å². The first-order valence-corrected chi connectivity index (χ1v) is 7.87. The molecule has 114 valence electrons. The zero-order valence-electron chi connectivity index (χ0n) is 13.2. The van der Waals surface area contributed by atoms with Crippen LogP contribution >= 0.6 is 0 Å². The lowest BCUT2D eigenvalue weighted by Gasteiger charge is -2.38. The van der Waals surface area contributed by atoms with Crippen LogP contribution in [0.5, 0.6) is 0 Å². The van der Waals surface area contributed by atoms with Gasteiger partial charge in [0.15, 0.2) is 0 Å². The molecule has 0 aromatic heterocycles. The number of benzene rings is 1. The van der Waals surface area contributed by atoms with Crippen LogP contribution in [0.25, 0.3) is 0 Å². The number of nitrogens with two attached hydrogens (primary N) is 1. The highest BCUT2D eigenvalue weighted by atomic mass is 16.5. The van der Waals surface area contributed by atoms with Crippen LogP contribution in [-0.2, 0) is 16.0 Å². The molecule has 1 aromatic carbocycles. The monoisotopic (exact) mass is 287 g/mol. The molecule has 0 saturated heterocycles. The summed E-state index contributed by atoms with van der Waals surface area (Å²) in [6.07, 6.45) is 3.84. The molecule has 3 unspecified atom stereocenters. The maximum atomic E-state index is 12.2. The van der Waals surface area contributed by atoms with Crippen molar-refractivity contribution < 1.29 is 9.53 Å². The van der Waals surface area contributed by atoms with Gasteiger partial charge >= 0.3 is 5.97 Å². The van der Waals surface area contributed by atoms with E-state index in [1.54, 1.807) is 0 Å². The fraction of sp³-hybridized carbons (Fsp3) is 0.611. The highest BCUT2D eigenvalue weighted by Gasteiger charge is 2.62. The lowest BCUT2D eigenvalue weighted by atomic mass is 9.70. The molecule has 2 aliphatic rings. The van der Waals surface area contributed by atoms with E-state index in [9.17, 15) is 4.79 Å². The summed E-state index contributed by atoms with van der Waals surface area (Å²) >= 11 is 0. The van der Waals surface area contributed by atoms with E-state index in [-0.39, 0.29) is 22.9 Å². The number of ether oxygens (including phenoxy) is 1. The second-order valence-electron chi connectivity index (χ2n) is 7.51. The predicted molar refractivity (Wildman–Crippen MR) is 83.7 cm³/mol. The summed E-state index contributed by atoms with van der Waals surface area (Å²) in [5.41, 5.74) is 7.76. The van der Waals surface area contributed by atoms with Gasteiger partial charge in [-0.1, -0.05) is 32.9 Å². The highest BCUT2D eigenvalue weighted by Crippen LogP contribution is 2.66. The van der Waals surface area contributed by atoms with Crippen LogP contribution in [0, 0.1) is 16.7 Å². The van der Waals surface area contributed by atoms with Gasteiger partial charge in [-0.3, -0.25) is 4.79 Å². The van der Waals surface area contributed by atoms with Crippen LogP contribution in [0.4, 0.5) is 5.69 Å². The molecule has 3 heteroatoms. The van der Waals surface area contributed by atoms with Crippen molar-refractivity contribution in [3.05, 3.63) is 29.8 Å². The average molecular weight is 287 g/mol. The SMILES string of the molecule is CC1(C)C2CCC1(C)C(OC(=O)Cc1cccc(N)c1)C2. The molecule has 2 saturated carbocycles. The predicted octanol–water partition coefficient (Wildman–Crippen LogP) is 3.57. The second kappa shape index (κ2) is 4.75. The largest absolute Gasteiger partial charge is 0.462 e. The van der Waals surface area contributed by atoms with E-state index >= 15 is 0 Å². The summed E-state index contributed by atoms with van der Waals surface area (Å²) in [7, 11) is 0. The van der Waals surface area contributed by atoms with E-state index in [1.807, 2.05) is 24.3 Å². The second-order valence-corrected chi connectivity index (χ2v) is 7.51. The van der Waals surface area contributed by atoms with E-state index in [2.05, 4.69) is 20.8 Å². The molecule has 3 atom stereocenters. The molecule has 0 aliphatic heterocycles. The van der Waals surface area contributed by atoms with Crippen molar-refractivity contribution in [2.24, 2.45) is 16.7 Å². The van der Waals surface area contributed by atoms with Crippen LogP contribution in [0.2, 0.25) is 0 Å². The first-order chi connectivity index (χ1) is 9.83. The van der Waals surface area contributed by atoms with Gasteiger partial charge in [0.2, 0.25) is 0 Å². The molecule has 3 rings (SSSR count). The number of fused-ring (bicyclic) bond motifs is 2. The van der Waals surface area contributed by atoms with Gasteiger partial charge < -0.3 is 10.5 Å². The number of esters is 1. The minimum absolute atomic E-state index is 0.0693. The fourth-order valence-corrected chi connectivity index (χ4v) is 4.38. The number of rotatable bonds is 3. The Kier molecular flexibility index (Phi) is 3.27. The van der Waals surface area contributed by atoms with Crippen molar-refractivity contribution in [2.45, 2.75) is 52.6 Å². The van der Waals surface area contributed by atoms with Crippen molar-refractivity contribution in [1.82, 2.24) is 0 Å². The molecular weight excluding hydrogens is 262 g/mol. The molecule has 21 heavy (non-hydrogen) atoms. The number of carbonyl (C=O) groups excluding carboxylic acids is 1. The lowest BCUT2D eigenvalue weighted by molar-refractivity contribution is -0.156. The summed E-state index contributed by atoms with van der Waals surface area (Å²) in [6, 6.07) is 7.46. The van der Waals surface area contributed by atoms with E-state index in [1.165, 1.54) is 12.8 Å². The zero-order valence-corrected chi connectivity index (χ0v) is 13.2. The third-order valence-electron chi connectivity index (χ3n) is 6.29. The maximum Gasteiger partial charge on any atom is 0.310 e. The molecule has 2 bridgehead atoms. The van der Waals surface area contributed by atoms with E-state index in [4.69, 9.17) is 10.5 Å². The third kappa shape index (κ3) is 2.23. The Bertz CT molecular complexity index is 566. The molecule has 0 amide bonds. The fourth-order valence-electron chi connectivity index (χ4n) is 4.38. The normalized spacial score (nSPS) is 33.1. The minimum Gasteiger partial charge on any atom is -0.462 e. The number of carbonyl (C=O) groups is 1. The number of hydrogen-bond donors (Lipinski definition) is 1. The lowest BCUT2D eigenvalue weighted by Crippen LogP contribution is -2.38. The molecule has 2 fully saturated rings. The van der Waals surface area contributed by atoms with Crippen molar-refractivity contribution in [1.29, 1.82) is 0 Å². The van der Waals surface area contributed by atoms with Gasteiger partial charge in [0.25, 0.3) is 0 Å². The van der Waals surface area contributed by atoms with Crippen LogP contribution in [0.1, 0.15) is 45.6 Å². The van der Waals surface area contributed by atoms with Gasteiger partial charge in [-0.15, -0.1) is 0 Å². The molecule has 0 spiro atoms. The van der Waals surface area contributed by atoms with Gasteiger partial charge in [0.05, 0.1) is 6.42 Å². The van der Waals surface area contributed by atoms with Gasteiger partial charge in [-0.25, -0.2) is 0 Å². The topological polar surface area (TPSA) is 52.3 Å². The van der Waals surface area contributed by atoms with E-state index in [0.717, 1.165) is 12.0 Å². The van der Waals surface area contributed by atoms with Gasteiger partial charge in [-0.05, 0) is 48.3 Å². The number of anilines is 1. The maximum absolute atomic E-state index is 12.2. The Morgan fingerprint density at radius 3 is 2.71 bits per heavy atom. The highest BCUT2D eigenvalue weighted by molar-refractivity contribution is 5.73. The zero-order chi connectivity index (χ0) is 15.3. The Morgan fingerprint density at radius 1 is 1.38 bits per heavy atom. The molecule has 0 heterocycles. The molecule has 2 N–H and O–H groups in total. The third-order valence-corrected chi connectivity index (χ3v) is 6.29. The van der Waals surface area contributed by atoms with Crippen molar-refractivity contribution in [3.63, 3.8) is 0 Å². The Balaban J connectivity index is 1.67. The van der Waals surface area contributed by atoms with Crippen molar-refractivity contribution >= 4 is 11.7 Å². The molecule has 1 aromatic rings. The summed E-state index contributed by atoms with van der Waals surface area (Å²) in [5.74, 6) is 0.558. The first-order valence-electron chi connectivity index (χ1n) is 7.87. The summed E-state index contributed by atoms with van der Waals surface area (Å²) in [6.45, 7) is 6.95. The number of nitrogen functional groups attached to an aromatic ring is 1. The Labute approximate surface area is 126 Å². The standard InChI is InChI=1S/C18H25NO2/c1-17(2)13-7-8-18(17,3)15(11-13)21-16(20)10-12-5-4-6-14(19)9-12/h4-6,9,13,15H,7-8,10-11,19H2,1-3H3. The molecular formula is C18H25NO2. The van der Waals surface area contributed by atoms with Crippen LogP contribution in [0.3, 0.4) is 0 Å². The molecule has 2 aliphatic carbocycles. The summed E-state index contributed by atoms with van der Waals surface area (Å²) in [4.78, 5) is 12.2. The van der Waals surface area contributed by atoms with E-state index < -0.39 is 0 Å². The Morgan fingerprint density at radius 2 is 2.14 bits per heavy atom. The van der Waals surface area contributed by atoms with Crippen molar-refractivity contribution in [3.8, 4) is 0 Å². The summed E-state index contributed by atoms with van der Waals surface area (Å²) < 4.78 is 5.85. The van der Waals surface area contributed by atoms with Crippen molar-refractivity contribution in [2.75, 3.05) is 5.73 Å². The van der Waals surface area contributed by atoms with Gasteiger partial charge in [0.1, 0.15) is 6.10 Å². The number of hydrogen-bond acceptors (Lipinski definition) is 3. The van der Waals surface area contributed by atoms with Crippen LogP contribution in [-0.4, -0.2) is 12.1 Å². The average Bonchev–Trinajstić information content (AvgIpc) is 2.72. The minimum atomic E-state index is -0.129. The van der Waals surface area contributed by atoms with Gasteiger partial charge in [0, 0.05) is 11.1 Å². The van der Waals surface area contributed by atoms with Crippen LogP contribution in [0.15, 0.2) is 24.3 Å². The molecule has 0 radical (unpaired) electrons. The smallest absolute Gasteiger partial charge is 0.310 e. The summed E-state index contributed by atoms with van der Waals surface area (Å²) in [5, 5.41) is 0. The molecule has 3 nitrogen and oxygen atoms in total. The quantitative estimate of drug-likeness (QED) is 0.683. The van der Waals surface area contributed by atoms with E-state index in [0.29, 0.717) is 18.0 Å². The Hall–Kier alpha value is -1.51.